The van der Waals surface area contributed by atoms with Crippen LogP contribution < -0.4 is 5.32 Å². The van der Waals surface area contributed by atoms with Gasteiger partial charge in [-0.25, -0.2) is 0 Å². The van der Waals surface area contributed by atoms with E-state index in [1.165, 1.54) is 0 Å². The molecule has 0 aliphatic heterocycles. The minimum absolute atomic E-state index is 0.131. The van der Waals surface area contributed by atoms with Gasteiger partial charge in [-0.15, -0.1) is 0 Å². The lowest BCUT2D eigenvalue weighted by Crippen LogP contribution is -2.20. The first kappa shape index (κ1) is 13.2. The van der Waals surface area contributed by atoms with Gasteiger partial charge in [0, 0.05) is 7.11 Å². The molecule has 0 spiro atoms. The summed E-state index contributed by atoms with van der Waals surface area (Å²) in [5, 5.41) is 3.67. The van der Waals surface area contributed by atoms with Gasteiger partial charge in [0.15, 0.2) is 5.22 Å². The van der Waals surface area contributed by atoms with E-state index >= 15 is 0 Å². The van der Waals surface area contributed by atoms with Crippen molar-refractivity contribution in [1.82, 2.24) is 5.32 Å². The van der Waals surface area contributed by atoms with Crippen LogP contribution in [0.2, 0.25) is 5.22 Å². The Morgan fingerprint density at radius 1 is 1.22 bits per heavy atom. The van der Waals surface area contributed by atoms with Crippen LogP contribution in [0.25, 0.3) is 0 Å². The predicted octanol–water partition coefficient (Wildman–Crippen LogP) is 3.37. The summed E-state index contributed by atoms with van der Waals surface area (Å²) in [4.78, 5) is 0. The molecule has 0 bridgehead atoms. The average Bonchev–Trinajstić information content (AvgIpc) is 2.96. The first-order valence-electron chi connectivity index (χ1n) is 5.80. The van der Waals surface area contributed by atoms with Gasteiger partial charge in [-0.1, -0.05) is 6.92 Å². The Kier molecular flexibility index (Phi) is 4.47. The van der Waals surface area contributed by atoms with Crippen molar-refractivity contribution in [1.29, 1.82) is 0 Å². The fraction of sp³-hybridized carbons (Fsp3) is 0.385. The van der Waals surface area contributed by atoms with E-state index in [-0.39, 0.29) is 6.04 Å². The van der Waals surface area contributed by atoms with Gasteiger partial charge >= 0.3 is 0 Å². The van der Waals surface area contributed by atoms with Crippen LogP contribution in [-0.2, 0) is 11.3 Å². The fourth-order valence-electron chi connectivity index (χ4n) is 1.80. The van der Waals surface area contributed by atoms with Crippen molar-refractivity contribution in [3.8, 4) is 0 Å². The van der Waals surface area contributed by atoms with Crippen molar-refractivity contribution < 1.29 is 13.6 Å². The lowest BCUT2D eigenvalue weighted by atomic mass is 10.1. The molecular weight excluding hydrogens is 254 g/mol. The molecule has 5 heteroatoms. The molecule has 4 nitrogen and oxygen atoms in total. The molecule has 1 unspecified atom stereocenters. The van der Waals surface area contributed by atoms with Crippen LogP contribution in [0.15, 0.2) is 33.1 Å². The SMILES string of the molecule is CCNC(c1ccc(Cl)o1)c1ccc(COC)o1. The maximum absolute atomic E-state index is 5.80. The first-order valence-corrected chi connectivity index (χ1v) is 6.18. The highest BCUT2D eigenvalue weighted by molar-refractivity contribution is 6.28. The minimum atomic E-state index is -0.131. The third kappa shape index (κ3) is 2.96. The molecule has 1 atom stereocenters. The number of rotatable bonds is 6. The lowest BCUT2D eigenvalue weighted by molar-refractivity contribution is 0.161. The van der Waals surface area contributed by atoms with Crippen molar-refractivity contribution in [2.45, 2.75) is 19.6 Å². The highest BCUT2D eigenvalue weighted by atomic mass is 35.5. The number of furan rings is 2. The Morgan fingerprint density at radius 3 is 2.56 bits per heavy atom. The minimum Gasteiger partial charge on any atom is -0.461 e. The number of ether oxygens (including phenoxy) is 1. The summed E-state index contributed by atoms with van der Waals surface area (Å²) in [5.74, 6) is 2.31. The van der Waals surface area contributed by atoms with Crippen LogP contribution in [0, 0.1) is 0 Å². The molecule has 0 saturated carbocycles. The summed E-state index contributed by atoms with van der Waals surface area (Å²) in [7, 11) is 1.64. The van der Waals surface area contributed by atoms with Crippen molar-refractivity contribution in [3.05, 3.63) is 46.8 Å². The Balaban J connectivity index is 2.23. The molecule has 2 aromatic heterocycles. The van der Waals surface area contributed by atoms with E-state index in [2.05, 4.69) is 5.32 Å². The Labute approximate surface area is 111 Å². The number of methoxy groups -OCH3 is 1. The van der Waals surface area contributed by atoms with E-state index in [4.69, 9.17) is 25.2 Å². The zero-order valence-corrected chi connectivity index (χ0v) is 11.2. The van der Waals surface area contributed by atoms with E-state index in [9.17, 15) is 0 Å². The summed E-state index contributed by atoms with van der Waals surface area (Å²) in [6, 6.07) is 7.24. The van der Waals surface area contributed by atoms with Crippen molar-refractivity contribution in [3.63, 3.8) is 0 Å². The molecule has 0 fully saturated rings. The second-order valence-corrected chi connectivity index (χ2v) is 4.24. The zero-order chi connectivity index (χ0) is 13.0. The van der Waals surface area contributed by atoms with Crippen molar-refractivity contribution >= 4 is 11.6 Å². The molecule has 0 radical (unpaired) electrons. The van der Waals surface area contributed by atoms with Gasteiger partial charge in [-0.2, -0.15) is 0 Å². The van der Waals surface area contributed by atoms with Gasteiger partial charge in [-0.05, 0) is 42.4 Å². The summed E-state index contributed by atoms with van der Waals surface area (Å²) >= 11 is 5.80. The molecule has 98 valence electrons. The molecule has 0 amide bonds. The maximum atomic E-state index is 5.80. The second kappa shape index (κ2) is 6.09. The summed E-state index contributed by atoms with van der Waals surface area (Å²) in [5.41, 5.74) is 0. The van der Waals surface area contributed by atoms with Crippen molar-refractivity contribution in [2.75, 3.05) is 13.7 Å². The lowest BCUT2D eigenvalue weighted by Gasteiger charge is -2.12. The van der Waals surface area contributed by atoms with E-state index in [0.29, 0.717) is 11.8 Å². The van der Waals surface area contributed by atoms with E-state index < -0.39 is 0 Å². The van der Waals surface area contributed by atoms with Gasteiger partial charge in [0.05, 0.1) is 0 Å². The Bertz CT molecular complexity index is 492. The second-order valence-electron chi connectivity index (χ2n) is 3.87. The Morgan fingerprint density at radius 2 is 1.94 bits per heavy atom. The highest BCUT2D eigenvalue weighted by Gasteiger charge is 2.20. The highest BCUT2D eigenvalue weighted by Crippen LogP contribution is 2.27. The molecule has 18 heavy (non-hydrogen) atoms. The molecular formula is C13H16ClNO3. The summed E-state index contributed by atoms with van der Waals surface area (Å²) < 4.78 is 16.2. The maximum Gasteiger partial charge on any atom is 0.193 e. The molecule has 0 saturated heterocycles. The van der Waals surface area contributed by atoms with E-state index in [1.807, 2.05) is 25.1 Å². The van der Waals surface area contributed by atoms with Crippen LogP contribution >= 0.6 is 11.6 Å². The summed E-state index contributed by atoms with van der Waals surface area (Å²) in [6.45, 7) is 3.28. The zero-order valence-electron chi connectivity index (χ0n) is 10.4. The smallest absolute Gasteiger partial charge is 0.193 e. The van der Waals surface area contributed by atoms with Crippen LogP contribution in [-0.4, -0.2) is 13.7 Å². The standard InChI is InChI=1S/C13H16ClNO3/c1-3-15-13(11-6-7-12(14)18-11)10-5-4-9(17-10)8-16-2/h4-7,13,15H,3,8H2,1-2H3. The van der Waals surface area contributed by atoms with Gasteiger partial charge in [-0.3, -0.25) is 0 Å². The normalized spacial score (nSPS) is 12.8. The van der Waals surface area contributed by atoms with Crippen LogP contribution in [0.5, 0.6) is 0 Å². The van der Waals surface area contributed by atoms with E-state index in [1.54, 1.807) is 13.2 Å². The monoisotopic (exact) mass is 269 g/mol. The van der Waals surface area contributed by atoms with Gasteiger partial charge in [0.2, 0.25) is 0 Å². The molecule has 2 aromatic rings. The van der Waals surface area contributed by atoms with Gasteiger partial charge in [0.25, 0.3) is 0 Å². The quantitative estimate of drug-likeness (QED) is 0.873. The molecule has 2 heterocycles. The fourth-order valence-corrected chi connectivity index (χ4v) is 1.95. The predicted molar refractivity (Wildman–Crippen MR) is 68.7 cm³/mol. The number of hydrogen-bond donors (Lipinski definition) is 1. The Hall–Kier alpha value is -1.23. The first-order chi connectivity index (χ1) is 8.74. The van der Waals surface area contributed by atoms with Crippen LogP contribution in [0.4, 0.5) is 0 Å². The van der Waals surface area contributed by atoms with Crippen LogP contribution in [0.3, 0.4) is 0 Å². The molecule has 2 rings (SSSR count). The number of hydrogen-bond acceptors (Lipinski definition) is 4. The third-order valence-electron chi connectivity index (χ3n) is 2.54. The molecule has 0 aliphatic carbocycles. The molecule has 0 aliphatic rings. The topological polar surface area (TPSA) is 47.5 Å². The van der Waals surface area contributed by atoms with Gasteiger partial charge in [0.1, 0.15) is 29.9 Å². The number of nitrogens with one attached hydrogen (secondary N) is 1. The van der Waals surface area contributed by atoms with E-state index in [0.717, 1.165) is 23.8 Å². The largest absolute Gasteiger partial charge is 0.461 e. The van der Waals surface area contributed by atoms with Crippen LogP contribution in [0.1, 0.15) is 30.2 Å². The average molecular weight is 270 g/mol. The van der Waals surface area contributed by atoms with Gasteiger partial charge < -0.3 is 18.9 Å². The summed E-state index contributed by atoms with van der Waals surface area (Å²) in [6.07, 6.45) is 0. The molecule has 0 aromatic carbocycles. The molecule has 1 N–H and O–H groups in total. The number of halogens is 1. The third-order valence-corrected chi connectivity index (χ3v) is 2.74. The van der Waals surface area contributed by atoms with Crippen molar-refractivity contribution in [2.24, 2.45) is 0 Å².